The largest absolute Gasteiger partial charge is 0.493 e. The van der Waals surface area contributed by atoms with Gasteiger partial charge >= 0.3 is 11.9 Å². The summed E-state index contributed by atoms with van der Waals surface area (Å²) in [6.45, 7) is 6.40. The summed E-state index contributed by atoms with van der Waals surface area (Å²) in [6.07, 6.45) is 2.38. The van der Waals surface area contributed by atoms with E-state index in [2.05, 4.69) is 4.99 Å². The molecule has 2 aromatic carbocycles. The van der Waals surface area contributed by atoms with Crippen LogP contribution in [0.5, 0.6) is 11.5 Å². The van der Waals surface area contributed by atoms with Crippen LogP contribution in [0.3, 0.4) is 0 Å². The molecule has 2 aromatic heterocycles. The number of thiazole rings is 1. The van der Waals surface area contributed by atoms with Crippen molar-refractivity contribution >= 4 is 29.4 Å². The Morgan fingerprint density at radius 1 is 0.979 bits per heavy atom. The second-order valence-corrected chi connectivity index (χ2v) is 11.4. The summed E-state index contributed by atoms with van der Waals surface area (Å²) in [5.41, 5.74) is 2.01. The van der Waals surface area contributed by atoms with Gasteiger partial charge in [-0.15, -0.1) is 0 Å². The lowest BCUT2D eigenvalue weighted by Crippen LogP contribution is -2.40. The Hall–Kier alpha value is -4.94. The number of aromatic nitrogens is 1. The monoisotopic (exact) mass is 660 g/mol. The zero-order chi connectivity index (χ0) is 33.5. The molecule has 11 nitrogen and oxygen atoms in total. The van der Waals surface area contributed by atoms with Crippen LogP contribution >= 0.6 is 11.3 Å². The topological polar surface area (TPSA) is 128 Å². The molecule has 1 aliphatic heterocycles. The Labute approximate surface area is 275 Å². The summed E-state index contributed by atoms with van der Waals surface area (Å²) in [5.74, 6) is 0.892. The summed E-state index contributed by atoms with van der Waals surface area (Å²) in [4.78, 5) is 44.8. The molecule has 0 spiro atoms. The van der Waals surface area contributed by atoms with Crippen molar-refractivity contribution in [2.75, 3.05) is 40.6 Å². The van der Waals surface area contributed by atoms with Crippen molar-refractivity contribution in [3.8, 4) is 22.8 Å². The molecule has 0 saturated carbocycles. The van der Waals surface area contributed by atoms with E-state index in [4.69, 9.17) is 28.1 Å². The van der Waals surface area contributed by atoms with Crippen LogP contribution in [0, 0.1) is 0 Å². The van der Waals surface area contributed by atoms with Crippen LogP contribution in [0.25, 0.3) is 17.4 Å². The zero-order valence-corrected chi connectivity index (χ0v) is 27.7. The first-order valence-corrected chi connectivity index (χ1v) is 16.0. The first-order chi connectivity index (χ1) is 22.8. The van der Waals surface area contributed by atoms with Crippen LogP contribution in [-0.2, 0) is 19.0 Å². The van der Waals surface area contributed by atoms with Gasteiger partial charge in [-0.3, -0.25) is 9.36 Å². The Kier molecular flexibility index (Phi) is 10.7. The number of hydrogen-bond donors (Lipinski definition) is 0. The average molecular weight is 661 g/mol. The van der Waals surface area contributed by atoms with E-state index in [1.807, 2.05) is 13.0 Å². The van der Waals surface area contributed by atoms with E-state index in [1.165, 1.54) is 30.1 Å². The molecule has 0 amide bonds. The van der Waals surface area contributed by atoms with Crippen molar-refractivity contribution in [1.29, 1.82) is 0 Å². The van der Waals surface area contributed by atoms with E-state index >= 15 is 0 Å². The third-order valence-corrected chi connectivity index (χ3v) is 8.30. The molecule has 47 heavy (non-hydrogen) atoms. The van der Waals surface area contributed by atoms with Gasteiger partial charge in [0, 0.05) is 24.3 Å². The highest BCUT2D eigenvalue weighted by Crippen LogP contribution is 2.41. The molecule has 0 radical (unpaired) electrons. The molecule has 0 unspecified atom stereocenters. The van der Waals surface area contributed by atoms with Crippen molar-refractivity contribution in [3.05, 3.63) is 102 Å². The van der Waals surface area contributed by atoms with Crippen molar-refractivity contribution in [2.45, 2.75) is 33.2 Å². The molecular formula is C35H36N2O9S. The highest BCUT2D eigenvalue weighted by molar-refractivity contribution is 7.07. The van der Waals surface area contributed by atoms with Crippen LogP contribution in [0.15, 0.2) is 80.1 Å². The number of ether oxygens (including phenoxy) is 5. The molecule has 12 heteroatoms. The van der Waals surface area contributed by atoms with Gasteiger partial charge < -0.3 is 28.1 Å². The minimum atomic E-state index is -0.907. The molecule has 1 atom stereocenters. The molecule has 0 bridgehead atoms. The fourth-order valence-corrected chi connectivity index (χ4v) is 6.17. The van der Waals surface area contributed by atoms with Gasteiger partial charge in [-0.25, -0.2) is 14.6 Å². The standard InChI is InChI=1S/C35H36N2O9S/c1-6-17-44-31-25(9-8-10-27(31)42-5)30-29(34(40)45-19-18-41-4)21(3)36-35-37(30)32(38)28(47-35)20-24-15-16-26(46-24)22-11-13-23(14-12-22)33(39)43-7-2/h8-16,20,30H,6-7,17-19H2,1-5H3/b28-20+/t30-/m0/s1. The number of furan rings is 1. The lowest BCUT2D eigenvalue weighted by Gasteiger charge is -2.27. The van der Waals surface area contributed by atoms with Crippen LogP contribution < -0.4 is 24.4 Å². The van der Waals surface area contributed by atoms with Gasteiger partial charge in [-0.05, 0) is 50.6 Å². The van der Waals surface area contributed by atoms with Gasteiger partial charge in [0.15, 0.2) is 16.3 Å². The zero-order valence-electron chi connectivity index (χ0n) is 26.9. The van der Waals surface area contributed by atoms with Gasteiger partial charge in [-0.2, -0.15) is 0 Å². The number of hydrogen-bond acceptors (Lipinski definition) is 11. The van der Waals surface area contributed by atoms with Gasteiger partial charge in [0.25, 0.3) is 5.56 Å². The number of nitrogens with zero attached hydrogens (tertiary/aromatic N) is 2. The average Bonchev–Trinajstić information content (AvgIpc) is 3.67. The normalized spacial score (nSPS) is 14.4. The third kappa shape index (κ3) is 7.08. The lowest BCUT2D eigenvalue weighted by molar-refractivity contribution is -0.140. The van der Waals surface area contributed by atoms with E-state index in [0.717, 1.165) is 12.0 Å². The maximum absolute atomic E-state index is 14.2. The molecule has 0 N–H and O–H groups in total. The van der Waals surface area contributed by atoms with Crippen molar-refractivity contribution < 1.29 is 37.7 Å². The lowest BCUT2D eigenvalue weighted by atomic mass is 9.94. The predicted molar refractivity (Wildman–Crippen MR) is 175 cm³/mol. The number of esters is 2. The molecule has 3 heterocycles. The highest BCUT2D eigenvalue weighted by atomic mass is 32.1. The SMILES string of the molecule is CCCOc1c(OC)cccc1[C@H]1C(C(=O)OCCOC)=C(C)N=c2s/c(=C/c3ccc(-c4ccc(C(=O)OCC)cc4)o3)c(=O)n21. The summed E-state index contributed by atoms with van der Waals surface area (Å²) >= 11 is 1.18. The first kappa shape index (κ1) is 33.4. The number of carbonyl (C=O) groups excluding carboxylic acids is 2. The molecule has 0 fully saturated rings. The van der Waals surface area contributed by atoms with E-state index in [-0.39, 0.29) is 24.3 Å². The third-order valence-electron chi connectivity index (χ3n) is 7.32. The molecule has 5 rings (SSSR count). The molecule has 0 aliphatic carbocycles. The van der Waals surface area contributed by atoms with E-state index in [0.29, 0.717) is 62.4 Å². The molecular weight excluding hydrogens is 624 g/mol. The summed E-state index contributed by atoms with van der Waals surface area (Å²) < 4.78 is 35.3. The Bertz CT molecular complexity index is 1970. The number of carbonyl (C=O) groups is 2. The fraction of sp³-hybridized carbons (Fsp3) is 0.314. The van der Waals surface area contributed by atoms with Crippen molar-refractivity contribution in [2.24, 2.45) is 4.99 Å². The molecule has 1 aliphatic rings. The van der Waals surface area contributed by atoms with E-state index < -0.39 is 18.0 Å². The van der Waals surface area contributed by atoms with Crippen LogP contribution in [0.2, 0.25) is 0 Å². The quantitative estimate of drug-likeness (QED) is 0.149. The predicted octanol–water partition coefficient (Wildman–Crippen LogP) is 4.66. The maximum Gasteiger partial charge on any atom is 0.338 e. The highest BCUT2D eigenvalue weighted by Gasteiger charge is 2.36. The molecule has 4 aromatic rings. The van der Waals surface area contributed by atoms with Crippen molar-refractivity contribution in [1.82, 2.24) is 4.57 Å². The van der Waals surface area contributed by atoms with Gasteiger partial charge in [-0.1, -0.05) is 42.5 Å². The first-order valence-electron chi connectivity index (χ1n) is 15.2. The van der Waals surface area contributed by atoms with Gasteiger partial charge in [0.1, 0.15) is 24.2 Å². The smallest absolute Gasteiger partial charge is 0.338 e. The Balaban J connectivity index is 1.59. The number of allylic oxidation sites excluding steroid dienone is 1. The number of rotatable bonds is 13. The molecule has 246 valence electrons. The van der Waals surface area contributed by atoms with Crippen LogP contribution in [-0.4, -0.2) is 57.2 Å². The second-order valence-electron chi connectivity index (χ2n) is 10.4. The fourth-order valence-electron chi connectivity index (χ4n) is 5.14. The minimum absolute atomic E-state index is 0.0347. The van der Waals surface area contributed by atoms with E-state index in [1.54, 1.807) is 68.5 Å². The van der Waals surface area contributed by atoms with Crippen LogP contribution in [0.1, 0.15) is 54.9 Å². The molecule has 0 saturated heterocycles. The Morgan fingerprint density at radius 3 is 2.47 bits per heavy atom. The number of benzene rings is 2. The summed E-state index contributed by atoms with van der Waals surface area (Å²) in [7, 11) is 3.06. The summed E-state index contributed by atoms with van der Waals surface area (Å²) in [6, 6.07) is 14.9. The minimum Gasteiger partial charge on any atom is -0.493 e. The second kappa shape index (κ2) is 15.1. The van der Waals surface area contributed by atoms with E-state index in [9.17, 15) is 14.4 Å². The maximum atomic E-state index is 14.2. The van der Waals surface area contributed by atoms with Crippen LogP contribution in [0.4, 0.5) is 0 Å². The van der Waals surface area contributed by atoms with Gasteiger partial charge in [0.2, 0.25) is 0 Å². The Morgan fingerprint density at radius 2 is 1.77 bits per heavy atom. The number of para-hydroxylation sites is 1. The number of methoxy groups -OCH3 is 2. The summed E-state index contributed by atoms with van der Waals surface area (Å²) in [5, 5.41) is 0. The number of fused-ring (bicyclic) bond motifs is 1. The van der Waals surface area contributed by atoms with Crippen molar-refractivity contribution in [3.63, 3.8) is 0 Å². The van der Waals surface area contributed by atoms with Gasteiger partial charge in [0.05, 0.1) is 48.3 Å².